The van der Waals surface area contributed by atoms with Gasteiger partial charge < -0.3 is 0 Å². The van der Waals surface area contributed by atoms with Gasteiger partial charge in [-0.3, -0.25) is 4.99 Å². The highest BCUT2D eigenvalue weighted by Gasteiger charge is 2.14. The van der Waals surface area contributed by atoms with E-state index in [2.05, 4.69) is 35.4 Å². The van der Waals surface area contributed by atoms with E-state index in [-0.39, 0.29) is 6.04 Å². The Kier molecular flexibility index (Phi) is 5.69. The zero-order chi connectivity index (χ0) is 13.5. The van der Waals surface area contributed by atoms with Crippen LogP contribution in [0.1, 0.15) is 56.4 Å². The van der Waals surface area contributed by atoms with Crippen LogP contribution >= 0.6 is 0 Å². The number of aryl methyl sites for hydroxylation is 2. The average Bonchev–Trinajstić information content (AvgIpc) is 2.32. The van der Waals surface area contributed by atoms with Crippen LogP contribution in [0.25, 0.3) is 0 Å². The Bertz CT molecular complexity index is 415. The summed E-state index contributed by atoms with van der Waals surface area (Å²) in [6.45, 7) is 12.2. The van der Waals surface area contributed by atoms with Crippen LogP contribution in [0.3, 0.4) is 0 Å². The molecule has 0 aliphatic heterocycles. The molecule has 0 aliphatic rings. The fourth-order valence-electron chi connectivity index (χ4n) is 1.76. The zero-order valence-electron chi connectivity index (χ0n) is 11.9. The summed E-state index contributed by atoms with van der Waals surface area (Å²) in [4.78, 5) is 13.6. The molecule has 0 amide bonds. The van der Waals surface area contributed by atoms with Crippen LogP contribution in [0.4, 0.5) is 0 Å². The number of nitrogens with zero attached hydrogens (tertiary/aromatic N) is 3. The summed E-state index contributed by atoms with van der Waals surface area (Å²) in [5.41, 5.74) is 3.18. The normalized spacial score (nSPS) is 12.9. The zero-order valence-corrected chi connectivity index (χ0v) is 11.9. The predicted molar refractivity (Wildman–Crippen MR) is 77.1 cm³/mol. The molecule has 1 aromatic heterocycles. The second-order valence-corrected chi connectivity index (χ2v) is 4.57. The van der Waals surface area contributed by atoms with Gasteiger partial charge in [0.15, 0.2) is 5.82 Å². The van der Waals surface area contributed by atoms with Gasteiger partial charge in [0.2, 0.25) is 0 Å². The maximum atomic E-state index is 4.57. The fourth-order valence-corrected chi connectivity index (χ4v) is 1.76. The van der Waals surface area contributed by atoms with E-state index >= 15 is 0 Å². The van der Waals surface area contributed by atoms with Crippen LogP contribution in [-0.2, 0) is 0 Å². The molecule has 0 saturated carbocycles. The Labute approximate surface area is 110 Å². The van der Waals surface area contributed by atoms with E-state index in [0.29, 0.717) is 0 Å². The Morgan fingerprint density at radius 1 is 1.33 bits per heavy atom. The first-order valence-electron chi connectivity index (χ1n) is 6.57. The molecule has 1 aromatic rings. The standard InChI is InChI=1S/C15H23N3/c1-6-8-16-14(9-11(3)7-2)15-17-12(4)10-13(5)18-15/h8,10,14H,3,6-7,9H2,1-2,4-5H3/b16-8+. The Morgan fingerprint density at radius 2 is 1.94 bits per heavy atom. The lowest BCUT2D eigenvalue weighted by Gasteiger charge is -2.13. The Balaban J connectivity index is 3.00. The number of aliphatic imine (C=N–C) groups is 1. The molecule has 0 aromatic carbocycles. The third-order valence-corrected chi connectivity index (χ3v) is 2.75. The maximum Gasteiger partial charge on any atom is 0.153 e. The lowest BCUT2D eigenvalue weighted by atomic mass is 10.1. The summed E-state index contributed by atoms with van der Waals surface area (Å²) in [6.07, 6.45) is 4.67. The number of hydrogen-bond donors (Lipinski definition) is 0. The van der Waals surface area contributed by atoms with E-state index in [1.54, 1.807) is 0 Å². The molecule has 98 valence electrons. The van der Waals surface area contributed by atoms with Gasteiger partial charge in [-0.1, -0.05) is 26.0 Å². The van der Waals surface area contributed by atoms with Crippen LogP contribution in [0.2, 0.25) is 0 Å². The van der Waals surface area contributed by atoms with E-state index in [1.165, 1.54) is 5.57 Å². The number of aromatic nitrogens is 2. The minimum Gasteiger partial charge on any atom is -0.286 e. The first-order valence-corrected chi connectivity index (χ1v) is 6.57. The molecule has 0 spiro atoms. The van der Waals surface area contributed by atoms with E-state index in [1.807, 2.05) is 26.1 Å². The monoisotopic (exact) mass is 245 g/mol. The van der Waals surface area contributed by atoms with Gasteiger partial charge in [0.25, 0.3) is 0 Å². The summed E-state index contributed by atoms with van der Waals surface area (Å²) in [5.74, 6) is 0.812. The quantitative estimate of drug-likeness (QED) is 0.562. The third-order valence-electron chi connectivity index (χ3n) is 2.75. The van der Waals surface area contributed by atoms with Crippen molar-refractivity contribution in [3.63, 3.8) is 0 Å². The van der Waals surface area contributed by atoms with Crippen LogP contribution in [0.15, 0.2) is 23.2 Å². The van der Waals surface area contributed by atoms with Crippen molar-refractivity contribution >= 4 is 6.21 Å². The van der Waals surface area contributed by atoms with Crippen molar-refractivity contribution in [2.75, 3.05) is 0 Å². The molecule has 1 heterocycles. The molecule has 0 fully saturated rings. The summed E-state index contributed by atoms with van der Waals surface area (Å²) < 4.78 is 0. The summed E-state index contributed by atoms with van der Waals surface area (Å²) in [7, 11) is 0. The van der Waals surface area contributed by atoms with Crippen molar-refractivity contribution in [1.82, 2.24) is 9.97 Å². The molecule has 1 unspecified atom stereocenters. The van der Waals surface area contributed by atoms with Gasteiger partial charge in [-0.15, -0.1) is 0 Å². The maximum absolute atomic E-state index is 4.57. The fraction of sp³-hybridized carbons (Fsp3) is 0.533. The number of rotatable bonds is 6. The Morgan fingerprint density at radius 3 is 2.44 bits per heavy atom. The predicted octanol–water partition coefficient (Wildman–Crippen LogP) is 3.97. The molecular formula is C15H23N3. The van der Waals surface area contributed by atoms with Crippen molar-refractivity contribution in [2.45, 2.75) is 53.0 Å². The smallest absolute Gasteiger partial charge is 0.153 e. The molecule has 0 N–H and O–H groups in total. The molecule has 1 atom stereocenters. The first kappa shape index (κ1) is 14.6. The van der Waals surface area contributed by atoms with Crippen molar-refractivity contribution in [3.05, 3.63) is 35.4 Å². The van der Waals surface area contributed by atoms with E-state index in [4.69, 9.17) is 0 Å². The minimum atomic E-state index is 0.0102. The van der Waals surface area contributed by atoms with Crippen molar-refractivity contribution < 1.29 is 0 Å². The molecule has 0 radical (unpaired) electrons. The molecule has 0 bridgehead atoms. The highest BCUT2D eigenvalue weighted by molar-refractivity contribution is 5.57. The van der Waals surface area contributed by atoms with Crippen molar-refractivity contribution in [1.29, 1.82) is 0 Å². The van der Waals surface area contributed by atoms with E-state index < -0.39 is 0 Å². The van der Waals surface area contributed by atoms with Gasteiger partial charge in [0.05, 0.1) is 0 Å². The third kappa shape index (κ3) is 4.40. The van der Waals surface area contributed by atoms with Gasteiger partial charge in [-0.2, -0.15) is 0 Å². The lowest BCUT2D eigenvalue weighted by Crippen LogP contribution is -2.06. The topological polar surface area (TPSA) is 38.1 Å². The first-order chi connectivity index (χ1) is 8.56. The molecule has 18 heavy (non-hydrogen) atoms. The molecule has 0 aliphatic carbocycles. The highest BCUT2D eigenvalue weighted by Crippen LogP contribution is 2.23. The van der Waals surface area contributed by atoms with Gasteiger partial charge in [-0.05, 0) is 45.4 Å². The van der Waals surface area contributed by atoms with Crippen LogP contribution in [0.5, 0.6) is 0 Å². The highest BCUT2D eigenvalue weighted by atomic mass is 15.0. The molecular weight excluding hydrogens is 222 g/mol. The molecule has 1 rings (SSSR count). The van der Waals surface area contributed by atoms with Gasteiger partial charge >= 0.3 is 0 Å². The molecule has 3 heteroatoms. The summed E-state index contributed by atoms with van der Waals surface area (Å²) >= 11 is 0. The van der Waals surface area contributed by atoms with E-state index in [9.17, 15) is 0 Å². The summed E-state index contributed by atoms with van der Waals surface area (Å²) in [6, 6.07) is 2.00. The average molecular weight is 245 g/mol. The van der Waals surface area contributed by atoms with Gasteiger partial charge in [0.1, 0.15) is 6.04 Å². The summed E-state index contributed by atoms with van der Waals surface area (Å²) in [5, 5.41) is 0. The van der Waals surface area contributed by atoms with Crippen LogP contribution < -0.4 is 0 Å². The van der Waals surface area contributed by atoms with Crippen LogP contribution in [-0.4, -0.2) is 16.2 Å². The van der Waals surface area contributed by atoms with Gasteiger partial charge in [-0.25, -0.2) is 9.97 Å². The Hall–Kier alpha value is -1.51. The lowest BCUT2D eigenvalue weighted by molar-refractivity contribution is 0.650. The number of hydrogen-bond acceptors (Lipinski definition) is 3. The largest absolute Gasteiger partial charge is 0.286 e. The second-order valence-electron chi connectivity index (χ2n) is 4.57. The molecule has 3 nitrogen and oxygen atoms in total. The van der Waals surface area contributed by atoms with Gasteiger partial charge in [0, 0.05) is 11.4 Å². The van der Waals surface area contributed by atoms with Crippen molar-refractivity contribution in [3.8, 4) is 0 Å². The molecule has 0 saturated heterocycles. The minimum absolute atomic E-state index is 0.0102. The van der Waals surface area contributed by atoms with Crippen LogP contribution in [0, 0.1) is 13.8 Å². The van der Waals surface area contributed by atoms with Crippen molar-refractivity contribution in [2.24, 2.45) is 4.99 Å². The van der Waals surface area contributed by atoms with E-state index in [0.717, 1.165) is 36.5 Å². The SMILES string of the molecule is C=C(CC)CC(/N=C/CC)c1nc(C)cc(C)n1. The second kappa shape index (κ2) is 7.04.